The first-order valence-electron chi connectivity index (χ1n) is 11.8. The van der Waals surface area contributed by atoms with E-state index in [4.69, 9.17) is 4.74 Å². The fraction of sp³-hybridized carbons (Fsp3) is 0.321. The second-order valence-corrected chi connectivity index (χ2v) is 8.73. The summed E-state index contributed by atoms with van der Waals surface area (Å²) in [6, 6.07) is 20.1. The van der Waals surface area contributed by atoms with E-state index < -0.39 is 17.8 Å². The molecule has 2 atom stereocenters. The van der Waals surface area contributed by atoms with Crippen LogP contribution in [0, 0.1) is 0 Å². The van der Waals surface area contributed by atoms with Crippen molar-refractivity contribution >= 4 is 5.91 Å². The molecule has 184 valence electrons. The van der Waals surface area contributed by atoms with Crippen LogP contribution in [-0.2, 0) is 23.8 Å². The van der Waals surface area contributed by atoms with Gasteiger partial charge in [-0.3, -0.25) is 10.1 Å². The highest BCUT2D eigenvalue weighted by Crippen LogP contribution is 2.32. The monoisotopic (exact) mass is 482 g/mol. The van der Waals surface area contributed by atoms with Crippen molar-refractivity contribution in [2.75, 3.05) is 13.7 Å². The van der Waals surface area contributed by atoms with Gasteiger partial charge in [-0.2, -0.15) is 13.2 Å². The van der Waals surface area contributed by atoms with E-state index in [0.29, 0.717) is 19.4 Å². The van der Waals surface area contributed by atoms with Crippen LogP contribution >= 0.6 is 0 Å². The number of hydrogen-bond acceptors (Lipinski definition) is 3. The van der Waals surface area contributed by atoms with Crippen molar-refractivity contribution in [3.05, 3.63) is 101 Å². The summed E-state index contributed by atoms with van der Waals surface area (Å²) in [6.45, 7) is 0.703. The molecule has 3 aromatic carbocycles. The third kappa shape index (κ3) is 6.22. The van der Waals surface area contributed by atoms with Gasteiger partial charge in [0.2, 0.25) is 5.91 Å². The van der Waals surface area contributed by atoms with Crippen LogP contribution in [0.5, 0.6) is 5.75 Å². The first-order chi connectivity index (χ1) is 16.8. The number of likely N-dealkylation sites (N-methyl/N-ethyl adjacent to an activating group) is 1. The lowest BCUT2D eigenvalue weighted by molar-refractivity contribution is -0.137. The normalized spacial score (nSPS) is 15.0. The number of hydrogen-bond donors (Lipinski definition) is 2. The maximum Gasteiger partial charge on any atom is 0.416 e. The van der Waals surface area contributed by atoms with Crippen molar-refractivity contribution in [3.63, 3.8) is 0 Å². The van der Waals surface area contributed by atoms with Crippen molar-refractivity contribution in [2.45, 2.75) is 43.9 Å². The SMILES string of the molecule is CNC(=O)C(N[C@H](CCc1ccc(C(F)(F)F)cc1)c1ccc2c(c1)CCCO2)c1ccccc1. The van der Waals surface area contributed by atoms with Crippen molar-refractivity contribution in [1.82, 2.24) is 10.6 Å². The first-order valence-corrected chi connectivity index (χ1v) is 11.8. The molecule has 1 heterocycles. The number of carbonyl (C=O) groups excluding carboxylic acids is 1. The molecule has 35 heavy (non-hydrogen) atoms. The Hall–Kier alpha value is -3.32. The van der Waals surface area contributed by atoms with Crippen LogP contribution in [0.4, 0.5) is 13.2 Å². The van der Waals surface area contributed by atoms with Crippen molar-refractivity contribution < 1.29 is 22.7 Å². The third-order valence-electron chi connectivity index (χ3n) is 6.35. The third-order valence-corrected chi connectivity index (χ3v) is 6.35. The number of halogens is 3. The zero-order valence-corrected chi connectivity index (χ0v) is 19.6. The first kappa shape index (κ1) is 24.8. The Kier molecular flexibility index (Phi) is 7.76. The minimum atomic E-state index is -4.36. The molecular formula is C28H29F3N2O2. The fourth-order valence-electron chi connectivity index (χ4n) is 4.43. The number of alkyl halides is 3. The molecule has 3 aromatic rings. The predicted molar refractivity (Wildman–Crippen MR) is 129 cm³/mol. The molecular weight excluding hydrogens is 453 g/mol. The molecule has 1 unspecified atom stereocenters. The Morgan fingerprint density at radius 3 is 2.43 bits per heavy atom. The summed E-state index contributed by atoms with van der Waals surface area (Å²) >= 11 is 0. The van der Waals surface area contributed by atoms with Crippen LogP contribution in [0.15, 0.2) is 72.8 Å². The van der Waals surface area contributed by atoms with Gasteiger partial charge in [-0.15, -0.1) is 0 Å². The average Bonchev–Trinajstić information content (AvgIpc) is 2.88. The molecule has 0 aliphatic carbocycles. The zero-order chi connectivity index (χ0) is 24.8. The highest BCUT2D eigenvalue weighted by Gasteiger charge is 2.30. The van der Waals surface area contributed by atoms with E-state index in [2.05, 4.69) is 16.7 Å². The van der Waals surface area contributed by atoms with Crippen LogP contribution in [-0.4, -0.2) is 19.6 Å². The lowest BCUT2D eigenvalue weighted by Crippen LogP contribution is -2.38. The smallest absolute Gasteiger partial charge is 0.416 e. The second-order valence-electron chi connectivity index (χ2n) is 8.73. The molecule has 4 rings (SSSR count). The van der Waals surface area contributed by atoms with Crippen LogP contribution in [0.25, 0.3) is 0 Å². The molecule has 0 saturated heterocycles. The summed E-state index contributed by atoms with van der Waals surface area (Å²) in [5.74, 6) is 0.726. The molecule has 0 spiro atoms. The largest absolute Gasteiger partial charge is 0.493 e. The van der Waals surface area contributed by atoms with Crippen LogP contribution < -0.4 is 15.4 Å². The molecule has 2 N–H and O–H groups in total. The number of carbonyl (C=O) groups is 1. The minimum absolute atomic E-state index is 0.156. The summed E-state index contributed by atoms with van der Waals surface area (Å²) < 4.78 is 44.6. The summed E-state index contributed by atoms with van der Waals surface area (Å²) in [5.41, 5.74) is 3.14. The quantitative estimate of drug-likeness (QED) is 0.428. The molecule has 0 saturated carbocycles. The van der Waals surface area contributed by atoms with Crippen LogP contribution in [0.1, 0.15) is 52.7 Å². The van der Waals surface area contributed by atoms with Gasteiger partial charge in [-0.05, 0) is 66.1 Å². The summed E-state index contributed by atoms with van der Waals surface area (Å²) in [6.07, 6.45) is -1.33. The molecule has 0 bridgehead atoms. The molecule has 0 radical (unpaired) electrons. The molecule has 7 heteroatoms. The van der Waals surface area contributed by atoms with Crippen molar-refractivity contribution in [3.8, 4) is 5.75 Å². The topological polar surface area (TPSA) is 50.4 Å². The number of amides is 1. The highest BCUT2D eigenvalue weighted by molar-refractivity contribution is 5.83. The molecule has 1 aliphatic rings. The Bertz CT molecular complexity index is 1130. The maximum atomic E-state index is 12.9. The number of rotatable bonds is 8. The van der Waals surface area contributed by atoms with Gasteiger partial charge in [-0.25, -0.2) is 0 Å². The lowest BCUT2D eigenvalue weighted by Gasteiger charge is -2.27. The summed E-state index contributed by atoms with van der Waals surface area (Å²) in [4.78, 5) is 12.8. The van der Waals surface area contributed by atoms with Crippen LogP contribution in [0.2, 0.25) is 0 Å². The fourth-order valence-corrected chi connectivity index (χ4v) is 4.43. The van der Waals surface area contributed by atoms with Gasteiger partial charge in [0.1, 0.15) is 11.8 Å². The second kappa shape index (κ2) is 11.0. The summed E-state index contributed by atoms with van der Waals surface area (Å²) in [7, 11) is 1.60. The van der Waals surface area contributed by atoms with Crippen LogP contribution in [0.3, 0.4) is 0 Å². The van der Waals surface area contributed by atoms with E-state index in [9.17, 15) is 18.0 Å². The van der Waals surface area contributed by atoms with E-state index in [1.54, 1.807) is 7.05 Å². The molecule has 1 aliphatic heterocycles. The Balaban J connectivity index is 1.60. The van der Waals surface area contributed by atoms with E-state index >= 15 is 0 Å². The highest BCUT2D eigenvalue weighted by atomic mass is 19.4. The van der Waals surface area contributed by atoms with Gasteiger partial charge in [-0.1, -0.05) is 54.6 Å². The standard InChI is InChI=1S/C28H29F3N2O2/c1-32-27(34)26(20-6-3-2-4-7-20)33-24(21-12-16-25-22(18-21)8-5-17-35-25)15-11-19-9-13-23(14-10-19)28(29,30)31/h2-4,6-7,9-10,12-14,16,18,24,26,33H,5,8,11,15,17H2,1H3,(H,32,34)/t24-,26?/m1/s1. The maximum absolute atomic E-state index is 12.9. The molecule has 1 amide bonds. The Morgan fingerprint density at radius 2 is 1.74 bits per heavy atom. The van der Waals surface area contributed by atoms with Crippen molar-refractivity contribution in [2.24, 2.45) is 0 Å². The zero-order valence-electron chi connectivity index (χ0n) is 19.6. The van der Waals surface area contributed by atoms with E-state index in [1.807, 2.05) is 42.5 Å². The van der Waals surface area contributed by atoms with Gasteiger partial charge in [0.15, 0.2) is 0 Å². The molecule has 0 aromatic heterocycles. The van der Waals surface area contributed by atoms with E-state index in [1.165, 1.54) is 12.1 Å². The van der Waals surface area contributed by atoms with Gasteiger partial charge >= 0.3 is 6.18 Å². The number of benzene rings is 3. The van der Waals surface area contributed by atoms with Crippen molar-refractivity contribution in [1.29, 1.82) is 0 Å². The average molecular weight is 483 g/mol. The molecule has 0 fully saturated rings. The number of ether oxygens (including phenoxy) is 1. The predicted octanol–water partition coefficient (Wildman–Crippen LogP) is 5.78. The van der Waals surface area contributed by atoms with E-state index in [-0.39, 0.29) is 11.9 Å². The molecule has 4 nitrogen and oxygen atoms in total. The van der Waals surface area contributed by atoms with E-state index in [0.717, 1.165) is 53.0 Å². The number of fused-ring (bicyclic) bond motifs is 1. The van der Waals surface area contributed by atoms with Gasteiger partial charge in [0.25, 0.3) is 0 Å². The minimum Gasteiger partial charge on any atom is -0.493 e. The number of nitrogens with one attached hydrogen (secondary N) is 2. The van der Waals surface area contributed by atoms with Gasteiger partial charge < -0.3 is 10.1 Å². The lowest BCUT2D eigenvalue weighted by atomic mass is 9.93. The summed E-state index contributed by atoms with van der Waals surface area (Å²) in [5, 5.41) is 6.25. The Morgan fingerprint density at radius 1 is 1.00 bits per heavy atom. The van der Waals surface area contributed by atoms with Gasteiger partial charge in [0, 0.05) is 13.1 Å². The number of aryl methyl sites for hydroxylation is 2. The Labute approximate surface area is 203 Å². The van der Waals surface area contributed by atoms with Gasteiger partial charge in [0.05, 0.1) is 12.2 Å².